The van der Waals surface area contributed by atoms with E-state index >= 15 is 0 Å². The van der Waals surface area contributed by atoms with Crippen LogP contribution in [0.25, 0.3) is 0 Å². The first-order valence-electron chi connectivity index (χ1n) is 4.34. The Bertz CT molecular complexity index is 348. The summed E-state index contributed by atoms with van der Waals surface area (Å²) in [5, 5.41) is -0.927. The largest absolute Gasteiger partial charge is 0.340 e. The number of amidine groups is 1. The maximum absolute atomic E-state index is 10.9. The molecule has 0 spiro atoms. The van der Waals surface area contributed by atoms with Gasteiger partial charge < -0.3 is 4.90 Å². The number of hydrogen-bond acceptors (Lipinski definition) is 4. The van der Waals surface area contributed by atoms with Crippen molar-refractivity contribution >= 4 is 16.0 Å². The molecule has 0 aromatic heterocycles. The van der Waals surface area contributed by atoms with E-state index in [2.05, 4.69) is 11.6 Å². The van der Waals surface area contributed by atoms with Crippen molar-refractivity contribution in [2.75, 3.05) is 13.1 Å². The average Bonchev–Trinajstić information content (AvgIpc) is 2.50. The molecule has 0 saturated carbocycles. The molecular formula is C8H14N2O3S. The normalized spacial score (nSPS) is 19.3. The third-order valence-corrected chi connectivity index (χ3v) is 3.28. The van der Waals surface area contributed by atoms with Crippen LogP contribution in [0.4, 0.5) is 0 Å². The van der Waals surface area contributed by atoms with Crippen LogP contribution in [0.5, 0.6) is 0 Å². The second-order valence-corrected chi connectivity index (χ2v) is 4.81. The van der Waals surface area contributed by atoms with Crippen LogP contribution in [0.2, 0.25) is 0 Å². The minimum atomic E-state index is -4.03. The third-order valence-electron chi connectivity index (χ3n) is 2.16. The molecular weight excluding hydrogens is 204 g/mol. The first kappa shape index (κ1) is 11.2. The van der Waals surface area contributed by atoms with Crippen molar-refractivity contribution in [2.45, 2.75) is 18.7 Å². The summed E-state index contributed by atoms with van der Waals surface area (Å²) in [6.07, 6.45) is 2.19. The monoisotopic (exact) mass is 218 g/mol. The summed E-state index contributed by atoms with van der Waals surface area (Å²) in [6.45, 7) is 6.11. The Labute approximate surface area is 83.9 Å². The van der Waals surface area contributed by atoms with Gasteiger partial charge in [-0.15, -0.1) is 6.58 Å². The Hall–Kier alpha value is -0.880. The zero-order valence-corrected chi connectivity index (χ0v) is 8.87. The van der Waals surface area contributed by atoms with E-state index in [0.29, 0.717) is 25.3 Å². The maximum atomic E-state index is 10.9. The van der Waals surface area contributed by atoms with Gasteiger partial charge in [0.1, 0.15) is 5.84 Å². The highest BCUT2D eigenvalue weighted by molar-refractivity contribution is 7.86. The van der Waals surface area contributed by atoms with Crippen molar-refractivity contribution in [1.82, 2.24) is 4.90 Å². The summed E-state index contributed by atoms with van der Waals surface area (Å²) >= 11 is 0. The van der Waals surface area contributed by atoms with E-state index in [-0.39, 0.29) is 0 Å². The second-order valence-electron chi connectivity index (χ2n) is 3.10. The Kier molecular flexibility index (Phi) is 3.28. The SMILES string of the molecule is C=CCC1=NCCN1C(C)S(=O)(=O)O. The summed E-state index contributed by atoms with van der Waals surface area (Å²) in [7, 11) is -4.03. The molecule has 1 N–H and O–H groups in total. The lowest BCUT2D eigenvalue weighted by Gasteiger charge is -2.24. The van der Waals surface area contributed by atoms with E-state index in [1.165, 1.54) is 6.92 Å². The van der Waals surface area contributed by atoms with E-state index in [0.717, 1.165) is 0 Å². The topological polar surface area (TPSA) is 70.0 Å². The van der Waals surface area contributed by atoms with Gasteiger partial charge in [0.05, 0.1) is 6.54 Å². The summed E-state index contributed by atoms with van der Waals surface area (Å²) in [5.74, 6) is 0.671. The zero-order valence-electron chi connectivity index (χ0n) is 8.05. The molecule has 0 aromatic carbocycles. The standard InChI is InChI=1S/C8H14N2O3S/c1-3-4-8-9-5-6-10(8)7(2)14(11,12)13/h3,7H,1,4-6H2,2H3,(H,11,12,13). The Morgan fingerprint density at radius 2 is 2.43 bits per heavy atom. The minimum absolute atomic E-state index is 0.528. The molecule has 5 nitrogen and oxygen atoms in total. The number of rotatable bonds is 4. The molecule has 1 rings (SSSR count). The molecule has 0 amide bonds. The highest BCUT2D eigenvalue weighted by Crippen LogP contribution is 2.13. The molecule has 1 atom stereocenters. The molecule has 1 unspecified atom stereocenters. The molecule has 14 heavy (non-hydrogen) atoms. The smallest absolute Gasteiger partial charge is 0.286 e. The minimum Gasteiger partial charge on any atom is -0.340 e. The second kappa shape index (κ2) is 4.10. The van der Waals surface area contributed by atoms with Crippen LogP contribution in [0, 0.1) is 0 Å². The number of nitrogens with zero attached hydrogens (tertiary/aromatic N) is 2. The molecule has 0 aliphatic carbocycles. The van der Waals surface area contributed by atoms with E-state index in [4.69, 9.17) is 4.55 Å². The van der Waals surface area contributed by atoms with Gasteiger partial charge in [-0.05, 0) is 6.92 Å². The van der Waals surface area contributed by atoms with Gasteiger partial charge in [-0.2, -0.15) is 8.42 Å². The Morgan fingerprint density at radius 3 is 2.93 bits per heavy atom. The molecule has 1 aliphatic heterocycles. The lowest BCUT2D eigenvalue weighted by atomic mass is 10.3. The molecule has 1 heterocycles. The third kappa shape index (κ3) is 2.33. The van der Waals surface area contributed by atoms with Crippen molar-refractivity contribution in [3.05, 3.63) is 12.7 Å². The van der Waals surface area contributed by atoms with E-state index in [9.17, 15) is 8.42 Å². The van der Waals surface area contributed by atoms with Crippen LogP contribution in [0.3, 0.4) is 0 Å². The zero-order chi connectivity index (χ0) is 10.8. The van der Waals surface area contributed by atoms with Crippen LogP contribution in [-0.2, 0) is 10.1 Å². The van der Waals surface area contributed by atoms with Crippen LogP contribution in [0.15, 0.2) is 17.6 Å². The van der Waals surface area contributed by atoms with Gasteiger partial charge in [-0.1, -0.05) is 6.08 Å². The fourth-order valence-corrected chi connectivity index (χ4v) is 1.92. The van der Waals surface area contributed by atoms with Crippen molar-refractivity contribution < 1.29 is 13.0 Å². The lowest BCUT2D eigenvalue weighted by molar-refractivity contribution is 0.381. The van der Waals surface area contributed by atoms with E-state index in [1.54, 1.807) is 11.0 Å². The molecule has 0 fully saturated rings. The van der Waals surface area contributed by atoms with Gasteiger partial charge in [0.2, 0.25) is 0 Å². The molecule has 6 heteroatoms. The summed E-state index contributed by atoms with van der Waals surface area (Å²) in [6, 6.07) is 0. The van der Waals surface area contributed by atoms with Crippen LogP contribution in [-0.4, -0.2) is 42.2 Å². The van der Waals surface area contributed by atoms with Gasteiger partial charge in [0, 0.05) is 13.0 Å². The first-order chi connectivity index (χ1) is 6.46. The highest BCUT2D eigenvalue weighted by atomic mass is 32.2. The van der Waals surface area contributed by atoms with Gasteiger partial charge in [-0.25, -0.2) is 0 Å². The quantitative estimate of drug-likeness (QED) is 0.551. The predicted octanol–water partition coefficient (Wildman–Crippen LogP) is 0.510. The summed E-state index contributed by atoms with van der Waals surface area (Å²) < 4.78 is 30.7. The predicted molar refractivity (Wildman–Crippen MR) is 54.8 cm³/mol. The molecule has 0 saturated heterocycles. The first-order valence-corrected chi connectivity index (χ1v) is 5.84. The fraction of sp³-hybridized carbons (Fsp3) is 0.625. The van der Waals surface area contributed by atoms with E-state index < -0.39 is 15.5 Å². The molecule has 1 aliphatic rings. The number of aliphatic imine (C=N–C) groups is 1. The highest BCUT2D eigenvalue weighted by Gasteiger charge is 2.29. The van der Waals surface area contributed by atoms with Crippen LogP contribution >= 0.6 is 0 Å². The van der Waals surface area contributed by atoms with Crippen molar-refractivity contribution in [3.63, 3.8) is 0 Å². The van der Waals surface area contributed by atoms with Crippen molar-refractivity contribution in [3.8, 4) is 0 Å². The molecule has 0 aromatic rings. The number of hydrogen-bond donors (Lipinski definition) is 1. The summed E-state index contributed by atoms with van der Waals surface area (Å²) in [5.41, 5.74) is 0. The van der Waals surface area contributed by atoms with Crippen molar-refractivity contribution in [2.24, 2.45) is 4.99 Å². The fourth-order valence-electron chi connectivity index (χ4n) is 1.37. The van der Waals surface area contributed by atoms with Gasteiger partial charge in [0.15, 0.2) is 5.37 Å². The summed E-state index contributed by atoms with van der Waals surface area (Å²) in [4.78, 5) is 5.72. The van der Waals surface area contributed by atoms with Gasteiger partial charge in [0.25, 0.3) is 10.1 Å². The van der Waals surface area contributed by atoms with Gasteiger partial charge in [-0.3, -0.25) is 9.55 Å². The molecule has 80 valence electrons. The van der Waals surface area contributed by atoms with Gasteiger partial charge >= 0.3 is 0 Å². The average molecular weight is 218 g/mol. The molecule has 0 radical (unpaired) electrons. The van der Waals surface area contributed by atoms with Crippen molar-refractivity contribution in [1.29, 1.82) is 0 Å². The lowest BCUT2D eigenvalue weighted by Crippen LogP contribution is -2.40. The maximum Gasteiger partial charge on any atom is 0.286 e. The van der Waals surface area contributed by atoms with E-state index in [1.807, 2.05) is 0 Å². The van der Waals surface area contributed by atoms with Crippen LogP contribution < -0.4 is 0 Å². The van der Waals surface area contributed by atoms with Crippen LogP contribution in [0.1, 0.15) is 13.3 Å². The Balaban J connectivity index is 2.79. The molecule has 0 bridgehead atoms. The Morgan fingerprint density at radius 1 is 1.79 bits per heavy atom.